The van der Waals surface area contributed by atoms with Gasteiger partial charge in [-0.05, 0) is 49.7 Å². The van der Waals surface area contributed by atoms with Crippen LogP contribution in [0.5, 0.6) is 0 Å². The molecule has 0 bridgehead atoms. The Balaban J connectivity index is 1.58. The van der Waals surface area contributed by atoms with Crippen LogP contribution in [0.2, 0.25) is 0 Å². The predicted molar refractivity (Wildman–Crippen MR) is 108 cm³/mol. The van der Waals surface area contributed by atoms with Gasteiger partial charge in [0.1, 0.15) is 0 Å². The Hall–Kier alpha value is -2.04. The van der Waals surface area contributed by atoms with Gasteiger partial charge in [-0.2, -0.15) is 0 Å². The van der Waals surface area contributed by atoms with Crippen molar-refractivity contribution in [3.05, 3.63) is 30.2 Å². The van der Waals surface area contributed by atoms with Crippen LogP contribution in [0, 0.1) is 11.8 Å². The first-order valence-corrected chi connectivity index (χ1v) is 11.0. The minimum atomic E-state index is 0.0304. The van der Waals surface area contributed by atoms with E-state index in [4.69, 9.17) is 8.94 Å². The second-order valence-electron chi connectivity index (χ2n) is 8.88. The molecule has 2 aromatic heterocycles. The molecule has 0 saturated heterocycles. The third-order valence-electron chi connectivity index (χ3n) is 6.72. The van der Waals surface area contributed by atoms with E-state index in [0.717, 1.165) is 25.7 Å². The van der Waals surface area contributed by atoms with E-state index in [0.29, 0.717) is 41.1 Å². The molecule has 2 fully saturated rings. The van der Waals surface area contributed by atoms with E-state index in [1.54, 1.807) is 12.3 Å². The van der Waals surface area contributed by atoms with Crippen LogP contribution in [-0.4, -0.2) is 28.0 Å². The molecule has 4 rings (SSSR count). The Kier molecular flexibility index (Phi) is 5.88. The molecule has 2 atom stereocenters. The quantitative estimate of drug-likeness (QED) is 0.641. The molecular weight excluding hydrogens is 352 g/mol. The molecule has 152 valence electrons. The Labute approximate surface area is 167 Å². The highest BCUT2D eigenvalue weighted by molar-refractivity contribution is 5.93. The highest BCUT2D eigenvalue weighted by atomic mass is 16.5. The molecule has 0 N–H and O–H groups in total. The van der Waals surface area contributed by atoms with Crippen molar-refractivity contribution in [2.45, 2.75) is 83.7 Å². The number of hydrogen-bond acceptors (Lipinski definition) is 4. The number of furan rings is 1. The van der Waals surface area contributed by atoms with E-state index in [2.05, 4.69) is 23.9 Å². The summed E-state index contributed by atoms with van der Waals surface area (Å²) in [6.45, 7) is 4.63. The molecule has 5 heteroatoms. The van der Waals surface area contributed by atoms with Crippen LogP contribution >= 0.6 is 0 Å². The summed E-state index contributed by atoms with van der Waals surface area (Å²) in [5, 5.41) is 4.11. The van der Waals surface area contributed by atoms with Gasteiger partial charge in [0.15, 0.2) is 11.5 Å². The topological polar surface area (TPSA) is 59.5 Å². The molecule has 0 aromatic carbocycles. The molecule has 28 heavy (non-hydrogen) atoms. The zero-order chi connectivity index (χ0) is 19.5. The lowest BCUT2D eigenvalue weighted by Gasteiger charge is -2.43. The van der Waals surface area contributed by atoms with Gasteiger partial charge in [0.05, 0.1) is 6.26 Å². The average molecular weight is 385 g/mol. The highest BCUT2D eigenvalue weighted by Gasteiger charge is 2.37. The van der Waals surface area contributed by atoms with E-state index in [1.165, 1.54) is 32.1 Å². The monoisotopic (exact) mass is 384 g/mol. The fraction of sp³-hybridized carbons (Fsp3) is 0.652. The van der Waals surface area contributed by atoms with E-state index in [1.807, 2.05) is 12.1 Å². The SMILES string of the molecule is CC(C)C1CCCC(N(C(=O)c2cc(-c3ccco3)on2)C2CCCCC2)C1. The molecular formula is C23H32N2O3. The first-order valence-electron chi connectivity index (χ1n) is 11.0. The van der Waals surface area contributed by atoms with E-state index < -0.39 is 0 Å². The number of aromatic nitrogens is 1. The van der Waals surface area contributed by atoms with Crippen LogP contribution in [0.1, 0.15) is 82.1 Å². The standard InChI is InChI=1S/C23H32N2O3/c1-16(2)17-8-6-11-19(14-17)25(18-9-4-3-5-10-18)23(26)20-15-22(28-24-20)21-12-7-13-27-21/h7,12-13,15-19H,3-6,8-11,14H2,1-2H3. The fourth-order valence-electron chi connectivity index (χ4n) is 5.09. The molecule has 2 aromatic rings. The third kappa shape index (κ3) is 4.03. The number of nitrogens with zero attached hydrogens (tertiary/aromatic N) is 2. The number of rotatable bonds is 5. The number of hydrogen-bond donors (Lipinski definition) is 0. The predicted octanol–water partition coefficient (Wildman–Crippen LogP) is 5.92. The lowest BCUT2D eigenvalue weighted by molar-refractivity contribution is 0.0361. The van der Waals surface area contributed by atoms with Gasteiger partial charge in [-0.1, -0.05) is 51.1 Å². The van der Waals surface area contributed by atoms with Gasteiger partial charge in [0.25, 0.3) is 5.91 Å². The van der Waals surface area contributed by atoms with Crippen LogP contribution in [0.15, 0.2) is 33.4 Å². The fourth-order valence-corrected chi connectivity index (χ4v) is 5.09. The summed E-state index contributed by atoms with van der Waals surface area (Å²) in [5.74, 6) is 2.52. The van der Waals surface area contributed by atoms with Crippen molar-refractivity contribution in [3.8, 4) is 11.5 Å². The lowest BCUT2D eigenvalue weighted by Crippen LogP contribution is -2.50. The van der Waals surface area contributed by atoms with Crippen molar-refractivity contribution in [1.29, 1.82) is 0 Å². The van der Waals surface area contributed by atoms with Crippen LogP contribution in [0.3, 0.4) is 0 Å². The minimum absolute atomic E-state index is 0.0304. The van der Waals surface area contributed by atoms with E-state index in [9.17, 15) is 4.79 Å². The summed E-state index contributed by atoms with van der Waals surface area (Å²) in [6, 6.07) is 6.02. The Morgan fingerprint density at radius 3 is 2.57 bits per heavy atom. The first kappa shape index (κ1) is 19.3. The van der Waals surface area contributed by atoms with Crippen molar-refractivity contribution in [2.24, 2.45) is 11.8 Å². The van der Waals surface area contributed by atoms with Gasteiger partial charge < -0.3 is 13.8 Å². The van der Waals surface area contributed by atoms with Crippen molar-refractivity contribution >= 4 is 5.91 Å². The lowest BCUT2D eigenvalue weighted by atomic mass is 9.78. The van der Waals surface area contributed by atoms with E-state index in [-0.39, 0.29) is 5.91 Å². The number of carbonyl (C=O) groups is 1. The zero-order valence-electron chi connectivity index (χ0n) is 17.1. The summed E-state index contributed by atoms with van der Waals surface area (Å²) < 4.78 is 10.8. The maximum absolute atomic E-state index is 13.6. The summed E-state index contributed by atoms with van der Waals surface area (Å²) in [6.07, 6.45) is 12.2. The molecule has 0 radical (unpaired) electrons. The molecule has 2 saturated carbocycles. The Bertz CT molecular complexity index is 759. The van der Waals surface area contributed by atoms with Gasteiger partial charge in [-0.25, -0.2) is 0 Å². The van der Waals surface area contributed by atoms with Crippen LogP contribution in [0.25, 0.3) is 11.5 Å². The molecule has 2 heterocycles. The Morgan fingerprint density at radius 2 is 1.86 bits per heavy atom. The summed E-state index contributed by atoms with van der Waals surface area (Å²) in [5.41, 5.74) is 0.406. The molecule has 2 unspecified atom stereocenters. The highest BCUT2D eigenvalue weighted by Crippen LogP contribution is 2.36. The second kappa shape index (κ2) is 8.54. The Morgan fingerprint density at radius 1 is 1.07 bits per heavy atom. The van der Waals surface area contributed by atoms with Crippen LogP contribution in [-0.2, 0) is 0 Å². The van der Waals surface area contributed by atoms with Gasteiger partial charge in [-0.3, -0.25) is 4.79 Å². The van der Waals surface area contributed by atoms with Gasteiger partial charge in [0.2, 0.25) is 5.76 Å². The summed E-state index contributed by atoms with van der Waals surface area (Å²) >= 11 is 0. The molecule has 2 aliphatic carbocycles. The normalized spacial score (nSPS) is 23.8. The van der Waals surface area contributed by atoms with Gasteiger partial charge >= 0.3 is 0 Å². The summed E-state index contributed by atoms with van der Waals surface area (Å²) in [4.78, 5) is 15.8. The van der Waals surface area contributed by atoms with Crippen LogP contribution < -0.4 is 0 Å². The van der Waals surface area contributed by atoms with Gasteiger partial charge in [0, 0.05) is 18.2 Å². The molecule has 5 nitrogen and oxygen atoms in total. The maximum atomic E-state index is 13.6. The summed E-state index contributed by atoms with van der Waals surface area (Å²) in [7, 11) is 0. The molecule has 0 spiro atoms. The maximum Gasteiger partial charge on any atom is 0.276 e. The largest absolute Gasteiger partial charge is 0.461 e. The van der Waals surface area contributed by atoms with Gasteiger partial charge in [-0.15, -0.1) is 0 Å². The van der Waals surface area contributed by atoms with Crippen molar-refractivity contribution < 1.29 is 13.7 Å². The van der Waals surface area contributed by atoms with E-state index >= 15 is 0 Å². The second-order valence-corrected chi connectivity index (χ2v) is 8.88. The molecule has 2 aliphatic rings. The first-order chi connectivity index (χ1) is 13.6. The van der Waals surface area contributed by atoms with Crippen molar-refractivity contribution in [3.63, 3.8) is 0 Å². The number of carbonyl (C=O) groups excluding carboxylic acids is 1. The van der Waals surface area contributed by atoms with Crippen LogP contribution in [0.4, 0.5) is 0 Å². The van der Waals surface area contributed by atoms with Crippen molar-refractivity contribution in [2.75, 3.05) is 0 Å². The zero-order valence-corrected chi connectivity index (χ0v) is 17.1. The average Bonchev–Trinajstić information content (AvgIpc) is 3.41. The third-order valence-corrected chi connectivity index (χ3v) is 6.72. The minimum Gasteiger partial charge on any atom is -0.461 e. The number of amides is 1. The van der Waals surface area contributed by atoms with Crippen molar-refractivity contribution in [1.82, 2.24) is 10.1 Å². The molecule has 0 aliphatic heterocycles. The smallest absolute Gasteiger partial charge is 0.276 e. The molecule has 1 amide bonds.